The van der Waals surface area contributed by atoms with Crippen molar-refractivity contribution in [2.24, 2.45) is 0 Å². The molecule has 100 valence electrons. The van der Waals surface area contributed by atoms with Crippen LogP contribution in [0.15, 0.2) is 24.3 Å². The number of hydrogen-bond donors (Lipinski definition) is 1. The lowest BCUT2D eigenvalue weighted by atomic mass is 10.1. The van der Waals surface area contributed by atoms with Gasteiger partial charge in [0, 0.05) is 19.1 Å². The van der Waals surface area contributed by atoms with Crippen molar-refractivity contribution in [1.82, 2.24) is 10.2 Å². The summed E-state index contributed by atoms with van der Waals surface area (Å²) in [4.78, 5) is 2.57. The molecular formula is C16H26N2. The molecule has 18 heavy (non-hydrogen) atoms. The van der Waals surface area contributed by atoms with Gasteiger partial charge in [-0.25, -0.2) is 0 Å². The second-order valence-corrected chi connectivity index (χ2v) is 5.46. The Morgan fingerprint density at radius 2 is 1.72 bits per heavy atom. The van der Waals surface area contributed by atoms with Gasteiger partial charge in [0.2, 0.25) is 0 Å². The first kappa shape index (κ1) is 13.6. The highest BCUT2D eigenvalue weighted by atomic mass is 15.2. The molecule has 1 fully saturated rings. The topological polar surface area (TPSA) is 15.3 Å². The zero-order chi connectivity index (χ0) is 12.8. The van der Waals surface area contributed by atoms with Crippen LogP contribution >= 0.6 is 0 Å². The van der Waals surface area contributed by atoms with E-state index in [1.807, 2.05) is 0 Å². The summed E-state index contributed by atoms with van der Waals surface area (Å²) >= 11 is 0. The molecule has 2 rings (SSSR count). The van der Waals surface area contributed by atoms with Gasteiger partial charge in [0.1, 0.15) is 0 Å². The largest absolute Gasteiger partial charge is 0.309 e. The summed E-state index contributed by atoms with van der Waals surface area (Å²) in [6.45, 7) is 9.24. The molecule has 1 heterocycles. The van der Waals surface area contributed by atoms with E-state index in [1.165, 1.54) is 43.6 Å². The van der Waals surface area contributed by atoms with Crippen molar-refractivity contribution in [3.63, 3.8) is 0 Å². The van der Waals surface area contributed by atoms with E-state index in [0.29, 0.717) is 6.04 Å². The molecule has 1 aromatic carbocycles. The standard InChI is InChI=1S/C16H26N2/c1-3-15-6-8-16(9-7-15)12-17-14(2)13-18-10-4-5-11-18/h6-9,14,17H,3-5,10-13H2,1-2H3. The number of nitrogens with one attached hydrogen (secondary N) is 1. The molecule has 0 spiro atoms. The summed E-state index contributed by atoms with van der Waals surface area (Å²) in [5, 5.41) is 3.62. The third kappa shape index (κ3) is 4.11. The summed E-state index contributed by atoms with van der Waals surface area (Å²) in [6.07, 6.45) is 3.88. The van der Waals surface area contributed by atoms with E-state index in [4.69, 9.17) is 0 Å². The van der Waals surface area contributed by atoms with Crippen LogP contribution in [0.5, 0.6) is 0 Å². The number of benzene rings is 1. The van der Waals surface area contributed by atoms with Gasteiger partial charge in [-0.3, -0.25) is 0 Å². The fraction of sp³-hybridized carbons (Fsp3) is 0.625. The Morgan fingerprint density at radius 3 is 2.33 bits per heavy atom. The maximum atomic E-state index is 3.62. The maximum absolute atomic E-state index is 3.62. The van der Waals surface area contributed by atoms with Crippen LogP contribution in [-0.4, -0.2) is 30.6 Å². The molecule has 2 nitrogen and oxygen atoms in total. The Kier molecular flexibility index (Phi) is 5.21. The van der Waals surface area contributed by atoms with Crippen LogP contribution in [0.1, 0.15) is 37.8 Å². The van der Waals surface area contributed by atoms with E-state index in [1.54, 1.807) is 0 Å². The summed E-state index contributed by atoms with van der Waals surface area (Å²) < 4.78 is 0. The summed E-state index contributed by atoms with van der Waals surface area (Å²) in [5.41, 5.74) is 2.81. The number of aryl methyl sites for hydroxylation is 1. The Bertz CT molecular complexity index is 339. The Morgan fingerprint density at radius 1 is 1.11 bits per heavy atom. The highest BCUT2D eigenvalue weighted by Gasteiger charge is 2.13. The Labute approximate surface area is 111 Å². The predicted molar refractivity (Wildman–Crippen MR) is 77.8 cm³/mol. The minimum Gasteiger partial charge on any atom is -0.309 e. The zero-order valence-corrected chi connectivity index (χ0v) is 11.8. The van der Waals surface area contributed by atoms with Crippen molar-refractivity contribution in [2.75, 3.05) is 19.6 Å². The van der Waals surface area contributed by atoms with E-state index in [9.17, 15) is 0 Å². The van der Waals surface area contributed by atoms with E-state index in [2.05, 4.69) is 48.3 Å². The highest BCUT2D eigenvalue weighted by Crippen LogP contribution is 2.08. The number of hydrogen-bond acceptors (Lipinski definition) is 2. The van der Waals surface area contributed by atoms with Gasteiger partial charge < -0.3 is 10.2 Å². The molecule has 1 aliphatic heterocycles. The van der Waals surface area contributed by atoms with Crippen molar-refractivity contribution < 1.29 is 0 Å². The Balaban J connectivity index is 1.72. The van der Waals surface area contributed by atoms with Crippen LogP contribution in [0, 0.1) is 0 Å². The second-order valence-electron chi connectivity index (χ2n) is 5.46. The molecule has 0 aliphatic carbocycles. The van der Waals surface area contributed by atoms with Gasteiger partial charge in [-0.2, -0.15) is 0 Å². The lowest BCUT2D eigenvalue weighted by Crippen LogP contribution is -2.37. The molecule has 0 radical (unpaired) electrons. The molecule has 0 aromatic heterocycles. The van der Waals surface area contributed by atoms with Crippen molar-refractivity contribution >= 4 is 0 Å². The van der Waals surface area contributed by atoms with E-state index >= 15 is 0 Å². The number of likely N-dealkylation sites (tertiary alicyclic amines) is 1. The van der Waals surface area contributed by atoms with Gasteiger partial charge in [-0.15, -0.1) is 0 Å². The summed E-state index contributed by atoms with van der Waals surface area (Å²) in [7, 11) is 0. The molecule has 0 amide bonds. The fourth-order valence-corrected chi connectivity index (χ4v) is 2.60. The smallest absolute Gasteiger partial charge is 0.0208 e. The third-order valence-corrected chi connectivity index (χ3v) is 3.82. The predicted octanol–water partition coefficient (Wildman–Crippen LogP) is 2.82. The van der Waals surface area contributed by atoms with Crippen LogP contribution in [0.3, 0.4) is 0 Å². The first-order valence-electron chi connectivity index (χ1n) is 7.31. The molecule has 2 heteroatoms. The molecule has 1 N–H and O–H groups in total. The quantitative estimate of drug-likeness (QED) is 0.830. The lowest BCUT2D eigenvalue weighted by Gasteiger charge is -2.21. The first-order valence-corrected chi connectivity index (χ1v) is 7.31. The van der Waals surface area contributed by atoms with Crippen molar-refractivity contribution in [3.05, 3.63) is 35.4 Å². The fourth-order valence-electron chi connectivity index (χ4n) is 2.60. The van der Waals surface area contributed by atoms with Crippen LogP contribution < -0.4 is 5.32 Å². The normalized spacial score (nSPS) is 18.1. The van der Waals surface area contributed by atoms with E-state index in [0.717, 1.165) is 13.0 Å². The van der Waals surface area contributed by atoms with E-state index in [-0.39, 0.29) is 0 Å². The molecular weight excluding hydrogens is 220 g/mol. The van der Waals surface area contributed by atoms with Crippen LogP contribution in [0.4, 0.5) is 0 Å². The van der Waals surface area contributed by atoms with Crippen molar-refractivity contribution in [2.45, 2.75) is 45.7 Å². The lowest BCUT2D eigenvalue weighted by molar-refractivity contribution is 0.298. The van der Waals surface area contributed by atoms with Gasteiger partial charge in [0.05, 0.1) is 0 Å². The molecule has 0 saturated carbocycles. The van der Waals surface area contributed by atoms with Crippen LogP contribution in [0.25, 0.3) is 0 Å². The molecule has 1 aromatic rings. The summed E-state index contributed by atoms with van der Waals surface area (Å²) in [5.74, 6) is 0. The minimum absolute atomic E-state index is 0.578. The summed E-state index contributed by atoms with van der Waals surface area (Å²) in [6, 6.07) is 9.54. The Hall–Kier alpha value is -0.860. The first-order chi connectivity index (χ1) is 8.78. The SMILES string of the molecule is CCc1ccc(CNC(C)CN2CCCC2)cc1. The van der Waals surface area contributed by atoms with Gasteiger partial charge in [0.15, 0.2) is 0 Å². The second kappa shape index (κ2) is 6.91. The highest BCUT2D eigenvalue weighted by molar-refractivity contribution is 5.22. The average Bonchev–Trinajstić information content (AvgIpc) is 2.90. The van der Waals surface area contributed by atoms with Gasteiger partial charge >= 0.3 is 0 Å². The monoisotopic (exact) mass is 246 g/mol. The maximum Gasteiger partial charge on any atom is 0.0208 e. The van der Waals surface area contributed by atoms with Crippen molar-refractivity contribution in [3.8, 4) is 0 Å². The van der Waals surface area contributed by atoms with Crippen LogP contribution in [-0.2, 0) is 13.0 Å². The van der Waals surface area contributed by atoms with Gasteiger partial charge in [-0.1, -0.05) is 31.2 Å². The molecule has 1 saturated heterocycles. The van der Waals surface area contributed by atoms with Crippen molar-refractivity contribution in [1.29, 1.82) is 0 Å². The zero-order valence-electron chi connectivity index (χ0n) is 11.8. The van der Waals surface area contributed by atoms with Gasteiger partial charge in [0.25, 0.3) is 0 Å². The minimum atomic E-state index is 0.578. The molecule has 1 aliphatic rings. The molecule has 0 bridgehead atoms. The molecule has 1 unspecified atom stereocenters. The third-order valence-electron chi connectivity index (χ3n) is 3.82. The van der Waals surface area contributed by atoms with Crippen LogP contribution in [0.2, 0.25) is 0 Å². The number of nitrogens with zero attached hydrogens (tertiary/aromatic N) is 1. The van der Waals surface area contributed by atoms with E-state index < -0.39 is 0 Å². The number of rotatable bonds is 6. The average molecular weight is 246 g/mol. The molecule has 1 atom stereocenters. The van der Waals surface area contributed by atoms with Gasteiger partial charge in [-0.05, 0) is 50.4 Å².